The maximum atomic E-state index is 13.1. The van der Waals surface area contributed by atoms with E-state index in [2.05, 4.69) is 12.1 Å². The molecule has 5 nitrogen and oxygen atoms in total. The predicted octanol–water partition coefficient (Wildman–Crippen LogP) is 3.26. The first-order valence-electron chi connectivity index (χ1n) is 9.07. The van der Waals surface area contributed by atoms with Gasteiger partial charge in [-0.1, -0.05) is 25.0 Å². The number of carbonyl (C=O) groups is 1. The van der Waals surface area contributed by atoms with Gasteiger partial charge in [0.1, 0.15) is 17.8 Å². The summed E-state index contributed by atoms with van der Waals surface area (Å²) in [6.45, 7) is 1.68. The van der Waals surface area contributed by atoms with Crippen LogP contribution in [0.25, 0.3) is 0 Å². The smallest absolute Gasteiger partial charge is 0.257 e. The van der Waals surface area contributed by atoms with Crippen molar-refractivity contribution >= 4 is 5.91 Å². The van der Waals surface area contributed by atoms with Crippen LogP contribution in [0.2, 0.25) is 0 Å². The fourth-order valence-corrected chi connectivity index (χ4v) is 3.88. The van der Waals surface area contributed by atoms with E-state index in [-0.39, 0.29) is 5.91 Å². The van der Waals surface area contributed by atoms with Gasteiger partial charge in [-0.25, -0.2) is 0 Å². The van der Waals surface area contributed by atoms with Crippen molar-refractivity contribution in [3.63, 3.8) is 0 Å². The van der Waals surface area contributed by atoms with Crippen LogP contribution in [0.5, 0.6) is 5.75 Å². The van der Waals surface area contributed by atoms with Gasteiger partial charge in [0, 0.05) is 19.0 Å². The average Bonchev–Trinajstić information content (AvgIpc) is 3.39. The summed E-state index contributed by atoms with van der Waals surface area (Å²) >= 11 is 0. The third kappa shape index (κ3) is 3.29. The molecule has 0 saturated heterocycles. The normalized spacial score (nSPS) is 16.7. The third-order valence-electron chi connectivity index (χ3n) is 5.24. The standard InChI is InChI=1S/C20H24N2O3/c21-11-18-10-16(13-25-18)20(23)22(17-3-1-2-4-17)12-14-5-6-19-15(9-14)7-8-24-19/h5-6,9-10,13,17H,1-4,7-8,11-12,21H2. The van der Waals surface area contributed by atoms with Gasteiger partial charge >= 0.3 is 0 Å². The van der Waals surface area contributed by atoms with Gasteiger partial charge in [0.25, 0.3) is 5.91 Å². The second-order valence-electron chi connectivity index (χ2n) is 6.92. The van der Waals surface area contributed by atoms with Crippen molar-refractivity contribution in [2.24, 2.45) is 5.73 Å². The quantitative estimate of drug-likeness (QED) is 0.907. The van der Waals surface area contributed by atoms with Crippen molar-refractivity contribution in [1.82, 2.24) is 4.90 Å². The summed E-state index contributed by atoms with van der Waals surface area (Å²) < 4.78 is 11.0. The monoisotopic (exact) mass is 340 g/mol. The van der Waals surface area contributed by atoms with Crippen LogP contribution in [0.15, 0.2) is 34.9 Å². The van der Waals surface area contributed by atoms with Crippen LogP contribution in [0, 0.1) is 0 Å². The van der Waals surface area contributed by atoms with Crippen LogP contribution < -0.4 is 10.5 Å². The largest absolute Gasteiger partial charge is 0.493 e. The summed E-state index contributed by atoms with van der Waals surface area (Å²) in [5.41, 5.74) is 8.60. The highest BCUT2D eigenvalue weighted by molar-refractivity contribution is 5.94. The number of carbonyl (C=O) groups excluding carboxylic acids is 1. The zero-order valence-corrected chi connectivity index (χ0v) is 14.4. The lowest BCUT2D eigenvalue weighted by molar-refractivity contribution is 0.0663. The molecule has 2 N–H and O–H groups in total. The Bertz CT molecular complexity index is 762. The van der Waals surface area contributed by atoms with E-state index in [0.717, 1.165) is 37.2 Å². The first-order chi connectivity index (χ1) is 12.2. The van der Waals surface area contributed by atoms with Crippen molar-refractivity contribution in [3.8, 4) is 5.75 Å². The second-order valence-corrected chi connectivity index (χ2v) is 6.92. The molecule has 0 radical (unpaired) electrons. The van der Waals surface area contributed by atoms with Gasteiger partial charge in [-0.3, -0.25) is 4.79 Å². The number of nitrogens with two attached hydrogens (primary N) is 1. The number of fused-ring (bicyclic) bond motifs is 1. The summed E-state index contributed by atoms with van der Waals surface area (Å²) in [5.74, 6) is 1.65. The zero-order chi connectivity index (χ0) is 17.2. The Kier molecular flexibility index (Phi) is 4.49. The summed E-state index contributed by atoms with van der Waals surface area (Å²) in [5, 5.41) is 0. The molecule has 2 aliphatic rings. The number of benzene rings is 1. The van der Waals surface area contributed by atoms with E-state index < -0.39 is 0 Å². The van der Waals surface area contributed by atoms with Crippen LogP contribution in [0.1, 0.15) is 52.9 Å². The van der Waals surface area contributed by atoms with Crippen LogP contribution in [-0.4, -0.2) is 23.5 Å². The molecular weight excluding hydrogens is 316 g/mol. The molecule has 0 unspecified atom stereocenters. The second kappa shape index (κ2) is 6.92. The summed E-state index contributed by atoms with van der Waals surface area (Å²) in [6, 6.07) is 8.34. The fourth-order valence-electron chi connectivity index (χ4n) is 3.88. The Labute approximate surface area is 147 Å². The van der Waals surface area contributed by atoms with Crippen molar-refractivity contribution in [2.75, 3.05) is 6.61 Å². The molecule has 132 valence electrons. The topological polar surface area (TPSA) is 68.7 Å². The van der Waals surface area contributed by atoms with E-state index in [4.69, 9.17) is 14.9 Å². The minimum absolute atomic E-state index is 0.0344. The Morgan fingerprint density at radius 2 is 2.08 bits per heavy atom. The molecule has 4 rings (SSSR count). The van der Waals surface area contributed by atoms with Gasteiger partial charge in [-0.05, 0) is 36.1 Å². The highest BCUT2D eigenvalue weighted by Crippen LogP contribution is 2.30. The lowest BCUT2D eigenvalue weighted by atomic mass is 10.1. The summed E-state index contributed by atoms with van der Waals surface area (Å²) in [4.78, 5) is 15.1. The van der Waals surface area contributed by atoms with Crippen LogP contribution in [0.3, 0.4) is 0 Å². The lowest BCUT2D eigenvalue weighted by Gasteiger charge is -2.29. The third-order valence-corrected chi connectivity index (χ3v) is 5.24. The number of rotatable bonds is 5. The molecule has 1 aromatic heterocycles. The maximum Gasteiger partial charge on any atom is 0.257 e. The Morgan fingerprint density at radius 1 is 1.24 bits per heavy atom. The molecule has 1 aliphatic carbocycles. The molecule has 5 heteroatoms. The number of hydrogen-bond donors (Lipinski definition) is 1. The number of hydrogen-bond acceptors (Lipinski definition) is 4. The maximum absolute atomic E-state index is 13.1. The van der Waals surface area contributed by atoms with Crippen molar-refractivity contribution in [1.29, 1.82) is 0 Å². The lowest BCUT2D eigenvalue weighted by Crippen LogP contribution is -2.38. The number of furan rings is 1. The molecule has 1 aromatic carbocycles. The molecule has 1 fully saturated rings. The first kappa shape index (κ1) is 16.2. The Balaban J connectivity index is 1.58. The molecular formula is C20H24N2O3. The molecule has 0 spiro atoms. The molecule has 2 heterocycles. The van der Waals surface area contributed by atoms with E-state index in [9.17, 15) is 4.79 Å². The van der Waals surface area contributed by atoms with Crippen molar-refractivity contribution < 1.29 is 13.9 Å². The summed E-state index contributed by atoms with van der Waals surface area (Å²) in [7, 11) is 0. The van der Waals surface area contributed by atoms with E-state index in [1.165, 1.54) is 24.7 Å². The van der Waals surface area contributed by atoms with Gasteiger partial charge in [-0.2, -0.15) is 0 Å². The van der Waals surface area contributed by atoms with Gasteiger partial charge < -0.3 is 19.8 Å². The molecule has 0 bridgehead atoms. The van der Waals surface area contributed by atoms with Gasteiger partial charge in [0.05, 0.1) is 18.7 Å². The average molecular weight is 340 g/mol. The highest BCUT2D eigenvalue weighted by Gasteiger charge is 2.28. The minimum Gasteiger partial charge on any atom is -0.493 e. The van der Waals surface area contributed by atoms with Crippen molar-refractivity contribution in [3.05, 3.63) is 53.0 Å². The van der Waals surface area contributed by atoms with Gasteiger partial charge in [0.2, 0.25) is 0 Å². The minimum atomic E-state index is 0.0344. The van der Waals surface area contributed by atoms with E-state index in [0.29, 0.717) is 30.5 Å². The van der Waals surface area contributed by atoms with Crippen LogP contribution in [0.4, 0.5) is 0 Å². The predicted molar refractivity (Wildman–Crippen MR) is 94.4 cm³/mol. The molecule has 1 aliphatic heterocycles. The summed E-state index contributed by atoms with van der Waals surface area (Å²) in [6.07, 6.45) is 6.99. The SMILES string of the molecule is NCc1cc(C(=O)N(Cc2ccc3c(c2)CCO3)C2CCCC2)co1. The highest BCUT2D eigenvalue weighted by atomic mass is 16.5. The zero-order valence-electron chi connectivity index (χ0n) is 14.4. The Hall–Kier alpha value is -2.27. The number of nitrogens with zero attached hydrogens (tertiary/aromatic N) is 1. The van der Waals surface area contributed by atoms with E-state index in [1.54, 1.807) is 6.07 Å². The molecule has 0 atom stereocenters. The first-order valence-corrected chi connectivity index (χ1v) is 9.07. The molecule has 2 aromatic rings. The molecule has 25 heavy (non-hydrogen) atoms. The number of ether oxygens (including phenoxy) is 1. The van der Waals surface area contributed by atoms with Crippen LogP contribution in [-0.2, 0) is 19.5 Å². The molecule has 1 amide bonds. The Morgan fingerprint density at radius 3 is 2.84 bits per heavy atom. The van der Waals surface area contributed by atoms with Gasteiger partial charge in [-0.15, -0.1) is 0 Å². The van der Waals surface area contributed by atoms with E-state index in [1.807, 2.05) is 11.0 Å². The molecule has 1 saturated carbocycles. The fraction of sp³-hybridized carbons (Fsp3) is 0.450. The van der Waals surface area contributed by atoms with Gasteiger partial charge in [0.15, 0.2) is 0 Å². The van der Waals surface area contributed by atoms with E-state index >= 15 is 0 Å². The van der Waals surface area contributed by atoms with Crippen LogP contribution >= 0.6 is 0 Å². The van der Waals surface area contributed by atoms with Crippen molar-refractivity contribution in [2.45, 2.75) is 51.2 Å². The number of amides is 1.